The summed E-state index contributed by atoms with van der Waals surface area (Å²) >= 11 is 0. The summed E-state index contributed by atoms with van der Waals surface area (Å²) in [5, 5.41) is 0. The molecule has 0 aromatic heterocycles. The van der Waals surface area contributed by atoms with Gasteiger partial charge in [0.25, 0.3) is 0 Å². The molecule has 0 aromatic rings. The van der Waals surface area contributed by atoms with Gasteiger partial charge in [-0.25, -0.2) is 8.42 Å². The highest BCUT2D eigenvalue weighted by Gasteiger charge is 2.20. The monoisotopic (exact) mass is 236 g/mol. The molecule has 0 saturated carbocycles. The summed E-state index contributed by atoms with van der Waals surface area (Å²) in [6, 6.07) is -0.753. The lowest BCUT2D eigenvalue weighted by Crippen LogP contribution is -2.44. The summed E-state index contributed by atoms with van der Waals surface area (Å²) in [6.07, 6.45) is 0.954. The Morgan fingerprint density at radius 3 is 2.33 bits per heavy atom. The molecule has 1 atom stereocenters. The number of amides is 1. The first-order chi connectivity index (χ1) is 6.78. The zero-order chi connectivity index (χ0) is 12.1. The average Bonchev–Trinajstić information content (AvgIpc) is 2.01. The number of hydrogen-bond acceptors (Lipinski definition) is 4. The maximum Gasteiger partial charge on any atom is 0.250 e. The summed E-state index contributed by atoms with van der Waals surface area (Å²) < 4.78 is 24.5. The van der Waals surface area contributed by atoms with Gasteiger partial charge < -0.3 is 5.73 Å². The van der Waals surface area contributed by atoms with Gasteiger partial charge in [-0.15, -0.1) is 0 Å². The fraction of sp³-hybridized carbons (Fsp3) is 0.889. The van der Waals surface area contributed by atoms with E-state index >= 15 is 0 Å². The fourth-order valence-electron chi connectivity index (χ4n) is 1.16. The van der Waals surface area contributed by atoms with E-state index in [9.17, 15) is 13.2 Å². The van der Waals surface area contributed by atoms with Crippen LogP contribution in [0, 0.1) is 5.92 Å². The van der Waals surface area contributed by atoms with Gasteiger partial charge in [-0.3, -0.25) is 9.52 Å². The van der Waals surface area contributed by atoms with Gasteiger partial charge in [-0.05, 0) is 18.8 Å². The molecule has 0 aliphatic heterocycles. The molecule has 0 fully saturated rings. The van der Waals surface area contributed by atoms with E-state index in [1.165, 1.54) is 0 Å². The van der Waals surface area contributed by atoms with E-state index in [1.54, 1.807) is 6.92 Å². The second-order valence-electron chi connectivity index (χ2n) is 4.02. The predicted molar refractivity (Wildman–Crippen MR) is 59.7 cm³/mol. The van der Waals surface area contributed by atoms with E-state index in [4.69, 9.17) is 5.73 Å². The second-order valence-corrected chi connectivity index (χ2v) is 5.86. The van der Waals surface area contributed by atoms with E-state index in [2.05, 4.69) is 0 Å². The van der Waals surface area contributed by atoms with E-state index < -0.39 is 22.0 Å². The molecular weight excluding hydrogens is 216 g/mol. The van der Waals surface area contributed by atoms with Gasteiger partial charge in [0.05, 0.1) is 11.8 Å². The molecular formula is C9H20N2O3S. The Bertz CT molecular complexity index is 298. The van der Waals surface area contributed by atoms with Gasteiger partial charge in [0.15, 0.2) is 0 Å². The van der Waals surface area contributed by atoms with Crippen molar-refractivity contribution in [3.05, 3.63) is 0 Å². The molecule has 1 amide bonds. The fourth-order valence-corrected chi connectivity index (χ4v) is 2.26. The normalized spacial score (nSPS) is 13.9. The maximum atomic E-state index is 11.4. The number of sulfonamides is 1. The van der Waals surface area contributed by atoms with Gasteiger partial charge in [0.2, 0.25) is 15.9 Å². The molecule has 15 heavy (non-hydrogen) atoms. The topological polar surface area (TPSA) is 89.3 Å². The number of nitrogens with one attached hydrogen (secondary N) is 1. The van der Waals surface area contributed by atoms with Crippen molar-refractivity contribution in [3.63, 3.8) is 0 Å². The van der Waals surface area contributed by atoms with Crippen LogP contribution in [-0.2, 0) is 14.8 Å². The van der Waals surface area contributed by atoms with Crippen LogP contribution in [-0.4, -0.2) is 26.1 Å². The van der Waals surface area contributed by atoms with Gasteiger partial charge in [-0.2, -0.15) is 0 Å². The highest BCUT2D eigenvalue weighted by molar-refractivity contribution is 7.90. The molecule has 3 N–H and O–H groups in total. The highest BCUT2D eigenvalue weighted by atomic mass is 32.2. The Kier molecular flexibility index (Phi) is 5.82. The molecule has 5 nitrogen and oxygen atoms in total. The zero-order valence-electron chi connectivity index (χ0n) is 9.49. The van der Waals surface area contributed by atoms with Crippen LogP contribution in [0.1, 0.15) is 33.6 Å². The minimum atomic E-state index is -3.49. The van der Waals surface area contributed by atoms with Crippen LogP contribution < -0.4 is 10.5 Å². The lowest BCUT2D eigenvalue weighted by atomic mass is 10.0. The Morgan fingerprint density at radius 2 is 1.93 bits per heavy atom. The van der Waals surface area contributed by atoms with E-state index in [-0.39, 0.29) is 11.7 Å². The number of rotatable bonds is 6. The Morgan fingerprint density at radius 1 is 1.40 bits per heavy atom. The molecule has 6 heteroatoms. The first-order valence-electron chi connectivity index (χ1n) is 5.08. The lowest BCUT2D eigenvalue weighted by Gasteiger charge is -2.13. The molecule has 90 valence electrons. The van der Waals surface area contributed by atoms with Crippen molar-refractivity contribution in [2.75, 3.05) is 5.75 Å². The predicted octanol–water partition coefficient (Wildman–Crippen LogP) is 0.216. The quantitative estimate of drug-likeness (QED) is 0.690. The van der Waals surface area contributed by atoms with Crippen LogP contribution >= 0.6 is 0 Å². The molecule has 0 heterocycles. The highest BCUT2D eigenvalue weighted by Crippen LogP contribution is 2.03. The standard InChI is InChI=1S/C9H20N2O3S/c1-4-5-15(13,14)11-9(12)8(10)6-7(2)3/h7-8H,4-6,10H2,1-3H3,(H,11,12)/t8-/m1/s1. The lowest BCUT2D eigenvalue weighted by molar-refractivity contribution is -0.120. The number of hydrogen-bond donors (Lipinski definition) is 2. The van der Waals surface area contributed by atoms with Crippen LogP contribution in [0.4, 0.5) is 0 Å². The van der Waals surface area contributed by atoms with Crippen molar-refractivity contribution >= 4 is 15.9 Å². The van der Waals surface area contributed by atoms with Crippen molar-refractivity contribution < 1.29 is 13.2 Å². The summed E-state index contributed by atoms with van der Waals surface area (Å²) in [4.78, 5) is 11.4. The third-order valence-corrected chi connectivity index (χ3v) is 3.25. The van der Waals surface area contributed by atoms with Crippen molar-refractivity contribution in [1.82, 2.24) is 4.72 Å². The second kappa shape index (κ2) is 6.07. The minimum Gasteiger partial charge on any atom is -0.320 e. The molecule has 0 aromatic carbocycles. The molecule has 0 rings (SSSR count). The van der Waals surface area contributed by atoms with E-state index in [0.29, 0.717) is 12.8 Å². The van der Waals surface area contributed by atoms with Crippen LogP contribution in [0.3, 0.4) is 0 Å². The van der Waals surface area contributed by atoms with E-state index in [0.717, 1.165) is 0 Å². The summed E-state index contributed by atoms with van der Waals surface area (Å²) in [5.74, 6) is -0.399. The molecule has 0 unspecified atom stereocenters. The first-order valence-corrected chi connectivity index (χ1v) is 6.73. The van der Waals surface area contributed by atoms with Crippen molar-refractivity contribution in [1.29, 1.82) is 0 Å². The van der Waals surface area contributed by atoms with Gasteiger partial charge in [0.1, 0.15) is 0 Å². The van der Waals surface area contributed by atoms with Gasteiger partial charge in [-0.1, -0.05) is 20.8 Å². The number of nitrogens with two attached hydrogens (primary N) is 1. The average molecular weight is 236 g/mol. The van der Waals surface area contributed by atoms with Crippen LogP contribution in [0.25, 0.3) is 0 Å². The van der Waals surface area contributed by atoms with Crippen molar-refractivity contribution in [2.24, 2.45) is 11.7 Å². The Hall–Kier alpha value is -0.620. The van der Waals surface area contributed by atoms with Crippen LogP contribution in [0.5, 0.6) is 0 Å². The van der Waals surface area contributed by atoms with Gasteiger partial charge >= 0.3 is 0 Å². The summed E-state index contributed by atoms with van der Waals surface area (Å²) in [6.45, 7) is 5.58. The Balaban J connectivity index is 4.24. The van der Waals surface area contributed by atoms with Gasteiger partial charge in [0, 0.05) is 0 Å². The summed E-state index contributed by atoms with van der Waals surface area (Å²) in [7, 11) is -3.49. The smallest absolute Gasteiger partial charge is 0.250 e. The number of carbonyl (C=O) groups is 1. The molecule has 0 saturated heterocycles. The zero-order valence-corrected chi connectivity index (χ0v) is 10.3. The minimum absolute atomic E-state index is 0.0485. The molecule has 0 aliphatic rings. The molecule has 0 radical (unpaired) electrons. The molecule has 0 spiro atoms. The third-order valence-electron chi connectivity index (χ3n) is 1.79. The molecule has 0 aliphatic carbocycles. The van der Waals surface area contributed by atoms with E-state index in [1.807, 2.05) is 18.6 Å². The Labute approximate surface area is 91.5 Å². The number of carbonyl (C=O) groups excluding carboxylic acids is 1. The van der Waals surface area contributed by atoms with Crippen molar-refractivity contribution in [3.8, 4) is 0 Å². The molecule has 0 bridgehead atoms. The summed E-state index contributed by atoms with van der Waals surface area (Å²) in [5.41, 5.74) is 5.55. The third kappa shape index (κ3) is 6.46. The maximum absolute atomic E-state index is 11.4. The van der Waals surface area contributed by atoms with Crippen LogP contribution in [0.2, 0.25) is 0 Å². The van der Waals surface area contributed by atoms with Crippen molar-refractivity contribution in [2.45, 2.75) is 39.7 Å². The largest absolute Gasteiger partial charge is 0.320 e. The first kappa shape index (κ1) is 14.4. The SMILES string of the molecule is CCCS(=O)(=O)NC(=O)[C@H](N)CC(C)C. The van der Waals surface area contributed by atoms with Crippen LogP contribution in [0.15, 0.2) is 0 Å².